The van der Waals surface area contributed by atoms with Crippen LogP contribution in [0.3, 0.4) is 0 Å². The van der Waals surface area contributed by atoms with Gasteiger partial charge in [0.15, 0.2) is 0 Å². The summed E-state index contributed by atoms with van der Waals surface area (Å²) in [5.74, 6) is -0.368. The van der Waals surface area contributed by atoms with Gasteiger partial charge in [0, 0.05) is 16.4 Å². The zero-order valence-electron chi connectivity index (χ0n) is 12.2. The maximum atomic E-state index is 11.9. The Kier molecular flexibility index (Phi) is 5.84. The van der Waals surface area contributed by atoms with Crippen molar-refractivity contribution in [3.8, 4) is 5.75 Å². The molecule has 120 valence electrons. The number of hydrogen-bond acceptors (Lipinski definition) is 3. The van der Waals surface area contributed by atoms with Gasteiger partial charge in [-0.05, 0) is 42.5 Å². The largest absolute Gasteiger partial charge is 0.495 e. The van der Waals surface area contributed by atoms with Crippen molar-refractivity contribution in [3.05, 3.63) is 52.5 Å². The highest BCUT2D eigenvalue weighted by Crippen LogP contribution is 2.27. The molecule has 2 aromatic carbocycles. The molecule has 0 bridgehead atoms. The smallest absolute Gasteiger partial charge is 0.233 e. The number of halogens is 2. The molecule has 0 radical (unpaired) electrons. The van der Waals surface area contributed by atoms with E-state index >= 15 is 0 Å². The molecule has 2 amide bonds. The Labute approximate surface area is 143 Å². The summed E-state index contributed by atoms with van der Waals surface area (Å²) in [5.41, 5.74) is 1.06. The van der Waals surface area contributed by atoms with Gasteiger partial charge in [-0.15, -0.1) is 0 Å². The summed E-state index contributed by atoms with van der Waals surface area (Å²) in [6.07, 6.45) is -0.313. The average molecular weight is 353 g/mol. The molecule has 0 aliphatic rings. The van der Waals surface area contributed by atoms with E-state index in [1.54, 1.807) is 42.5 Å². The van der Waals surface area contributed by atoms with E-state index in [4.69, 9.17) is 27.9 Å². The van der Waals surface area contributed by atoms with Crippen LogP contribution in [0.2, 0.25) is 10.0 Å². The molecule has 7 heteroatoms. The molecule has 2 N–H and O–H groups in total. The molecule has 0 unspecified atom stereocenters. The van der Waals surface area contributed by atoms with E-state index in [1.807, 2.05) is 0 Å². The topological polar surface area (TPSA) is 67.4 Å². The highest BCUT2D eigenvalue weighted by Gasteiger charge is 2.11. The lowest BCUT2D eigenvalue weighted by Gasteiger charge is -2.08. The van der Waals surface area contributed by atoms with E-state index in [2.05, 4.69) is 10.6 Å². The first kappa shape index (κ1) is 17.1. The van der Waals surface area contributed by atoms with Gasteiger partial charge in [0.2, 0.25) is 11.8 Å². The lowest BCUT2D eigenvalue weighted by atomic mass is 10.2. The Balaban J connectivity index is 1.90. The third-order valence-corrected chi connectivity index (χ3v) is 3.43. The van der Waals surface area contributed by atoms with E-state index in [9.17, 15) is 9.59 Å². The molecule has 2 rings (SSSR count). The fourth-order valence-electron chi connectivity index (χ4n) is 1.83. The molecule has 0 aliphatic carbocycles. The number of benzene rings is 2. The first-order valence-electron chi connectivity index (χ1n) is 6.67. The first-order valence-corrected chi connectivity index (χ1v) is 7.42. The minimum Gasteiger partial charge on any atom is -0.495 e. The molecule has 0 saturated carbocycles. The fourth-order valence-corrected chi connectivity index (χ4v) is 2.22. The van der Waals surface area contributed by atoms with Gasteiger partial charge in [-0.25, -0.2) is 0 Å². The normalized spacial score (nSPS) is 10.0. The van der Waals surface area contributed by atoms with E-state index in [0.717, 1.165) is 0 Å². The van der Waals surface area contributed by atoms with Crippen LogP contribution in [-0.4, -0.2) is 18.9 Å². The van der Waals surface area contributed by atoms with Gasteiger partial charge >= 0.3 is 0 Å². The standard InChI is InChI=1S/C16H14Cl2N2O3/c1-23-14-7-6-12(8-13(14)18)20-16(22)9-15(21)19-11-4-2-10(17)3-5-11/h2-8H,9H2,1H3,(H,19,21)(H,20,22). The van der Waals surface area contributed by atoms with E-state index < -0.39 is 11.8 Å². The zero-order chi connectivity index (χ0) is 16.8. The highest BCUT2D eigenvalue weighted by molar-refractivity contribution is 6.32. The van der Waals surface area contributed by atoms with Crippen LogP contribution < -0.4 is 15.4 Å². The molecule has 5 nitrogen and oxygen atoms in total. The summed E-state index contributed by atoms with van der Waals surface area (Å²) in [7, 11) is 1.50. The van der Waals surface area contributed by atoms with Crippen molar-refractivity contribution in [3.63, 3.8) is 0 Å². The quantitative estimate of drug-likeness (QED) is 0.800. The maximum absolute atomic E-state index is 11.9. The van der Waals surface area contributed by atoms with Crippen LogP contribution in [0.15, 0.2) is 42.5 Å². The zero-order valence-corrected chi connectivity index (χ0v) is 13.7. The summed E-state index contributed by atoms with van der Waals surface area (Å²) < 4.78 is 5.03. The predicted octanol–water partition coefficient (Wildman–Crippen LogP) is 3.97. The highest BCUT2D eigenvalue weighted by atomic mass is 35.5. The molecule has 0 fully saturated rings. The average Bonchev–Trinajstić information content (AvgIpc) is 2.49. The molecule has 0 aliphatic heterocycles. The van der Waals surface area contributed by atoms with Crippen molar-refractivity contribution in [1.82, 2.24) is 0 Å². The summed E-state index contributed by atoms with van der Waals surface area (Å²) in [5, 5.41) is 6.15. The van der Waals surface area contributed by atoms with Crippen molar-refractivity contribution in [2.45, 2.75) is 6.42 Å². The second kappa shape index (κ2) is 7.85. The molecular formula is C16H14Cl2N2O3. The molecule has 2 aromatic rings. The molecule has 23 heavy (non-hydrogen) atoms. The number of ether oxygens (including phenoxy) is 1. The van der Waals surface area contributed by atoms with Crippen molar-refractivity contribution in [1.29, 1.82) is 0 Å². The molecule has 0 aromatic heterocycles. The third kappa shape index (κ3) is 5.16. The Morgan fingerprint density at radius 1 is 0.957 bits per heavy atom. The number of anilines is 2. The van der Waals surface area contributed by atoms with Gasteiger partial charge < -0.3 is 15.4 Å². The van der Waals surface area contributed by atoms with Crippen LogP contribution in [0.1, 0.15) is 6.42 Å². The van der Waals surface area contributed by atoms with Gasteiger partial charge in [-0.3, -0.25) is 9.59 Å². The number of hydrogen-bond donors (Lipinski definition) is 2. The van der Waals surface area contributed by atoms with Crippen LogP contribution in [0.25, 0.3) is 0 Å². The first-order chi connectivity index (χ1) is 11.0. The monoisotopic (exact) mass is 352 g/mol. The Morgan fingerprint density at radius 3 is 2.09 bits per heavy atom. The minimum atomic E-state index is -0.447. The molecule has 0 heterocycles. The number of carbonyl (C=O) groups is 2. The fraction of sp³-hybridized carbons (Fsp3) is 0.125. The van der Waals surface area contributed by atoms with E-state index in [0.29, 0.717) is 27.2 Å². The number of nitrogens with one attached hydrogen (secondary N) is 2. The minimum absolute atomic E-state index is 0.313. The summed E-state index contributed by atoms with van der Waals surface area (Å²) in [6, 6.07) is 11.4. The number of rotatable bonds is 5. The summed E-state index contributed by atoms with van der Waals surface area (Å²) in [6.45, 7) is 0. The van der Waals surface area contributed by atoms with E-state index in [-0.39, 0.29) is 6.42 Å². The SMILES string of the molecule is COc1ccc(NC(=O)CC(=O)Nc2ccc(Cl)cc2)cc1Cl. The van der Waals surface area contributed by atoms with Crippen molar-refractivity contribution < 1.29 is 14.3 Å². The summed E-state index contributed by atoms with van der Waals surface area (Å²) in [4.78, 5) is 23.7. The van der Waals surface area contributed by atoms with Gasteiger partial charge in [0.25, 0.3) is 0 Å². The van der Waals surface area contributed by atoms with Crippen LogP contribution in [-0.2, 0) is 9.59 Å². The third-order valence-electron chi connectivity index (χ3n) is 2.88. The molecule has 0 atom stereocenters. The van der Waals surface area contributed by atoms with Crippen molar-refractivity contribution in [2.75, 3.05) is 17.7 Å². The van der Waals surface area contributed by atoms with Gasteiger partial charge in [0.1, 0.15) is 12.2 Å². The number of carbonyl (C=O) groups excluding carboxylic acids is 2. The van der Waals surface area contributed by atoms with Gasteiger partial charge in [0.05, 0.1) is 12.1 Å². The number of methoxy groups -OCH3 is 1. The van der Waals surface area contributed by atoms with E-state index in [1.165, 1.54) is 7.11 Å². The Bertz CT molecular complexity index is 718. The molecular weight excluding hydrogens is 339 g/mol. The molecule has 0 saturated heterocycles. The van der Waals surface area contributed by atoms with Crippen LogP contribution in [0.4, 0.5) is 11.4 Å². The Morgan fingerprint density at radius 2 is 1.52 bits per heavy atom. The van der Waals surface area contributed by atoms with Crippen molar-refractivity contribution >= 4 is 46.4 Å². The number of amides is 2. The van der Waals surface area contributed by atoms with Crippen LogP contribution >= 0.6 is 23.2 Å². The maximum Gasteiger partial charge on any atom is 0.233 e. The second-order valence-corrected chi connectivity index (χ2v) is 5.47. The lowest BCUT2D eigenvalue weighted by Crippen LogP contribution is -2.21. The van der Waals surface area contributed by atoms with Gasteiger partial charge in [-0.2, -0.15) is 0 Å². The Hall–Kier alpha value is -2.24. The predicted molar refractivity (Wildman–Crippen MR) is 91.3 cm³/mol. The van der Waals surface area contributed by atoms with Gasteiger partial charge in [-0.1, -0.05) is 23.2 Å². The van der Waals surface area contributed by atoms with Crippen LogP contribution in [0.5, 0.6) is 5.75 Å². The summed E-state index contributed by atoms with van der Waals surface area (Å²) >= 11 is 11.7. The van der Waals surface area contributed by atoms with Crippen LogP contribution in [0, 0.1) is 0 Å². The lowest BCUT2D eigenvalue weighted by molar-refractivity contribution is -0.123. The molecule has 0 spiro atoms. The van der Waals surface area contributed by atoms with Crippen molar-refractivity contribution in [2.24, 2.45) is 0 Å². The second-order valence-electron chi connectivity index (χ2n) is 4.63.